The molecule has 0 atom stereocenters. The van der Waals surface area contributed by atoms with Crippen molar-refractivity contribution in [2.45, 2.75) is 12.8 Å². The lowest BCUT2D eigenvalue weighted by Crippen LogP contribution is -2.20. The number of anilines is 1. The monoisotopic (exact) mass is 374 g/mol. The third-order valence-electron chi connectivity index (χ3n) is 2.79. The van der Waals surface area contributed by atoms with Crippen molar-refractivity contribution in [1.29, 1.82) is 0 Å². The predicted molar refractivity (Wildman–Crippen MR) is 92.0 cm³/mol. The molecule has 0 aliphatic rings. The van der Waals surface area contributed by atoms with Crippen molar-refractivity contribution in [3.05, 3.63) is 58.8 Å². The van der Waals surface area contributed by atoms with Crippen LogP contribution in [0.1, 0.15) is 18.4 Å². The number of aromatic nitrogens is 1. The van der Waals surface area contributed by atoms with E-state index in [4.69, 9.17) is 0 Å². The highest BCUT2D eigenvalue weighted by molar-refractivity contribution is 9.10. The van der Waals surface area contributed by atoms with Crippen molar-refractivity contribution in [3.8, 4) is 0 Å². The maximum absolute atomic E-state index is 11.7. The number of rotatable bonds is 6. The van der Waals surface area contributed by atoms with Gasteiger partial charge < -0.3 is 5.32 Å². The summed E-state index contributed by atoms with van der Waals surface area (Å²) in [5.74, 6) is -0.546. The first-order chi connectivity index (χ1) is 11.1. The third kappa shape index (κ3) is 6.39. The molecule has 23 heavy (non-hydrogen) atoms. The molecule has 2 rings (SSSR count). The molecule has 0 fully saturated rings. The van der Waals surface area contributed by atoms with Crippen LogP contribution < -0.4 is 10.7 Å². The zero-order valence-corrected chi connectivity index (χ0v) is 13.8. The van der Waals surface area contributed by atoms with E-state index >= 15 is 0 Å². The molecule has 0 aliphatic heterocycles. The second-order valence-electron chi connectivity index (χ2n) is 4.63. The van der Waals surface area contributed by atoms with Crippen LogP contribution in [0.5, 0.6) is 0 Å². The summed E-state index contributed by atoms with van der Waals surface area (Å²) in [6, 6.07) is 10.8. The summed E-state index contributed by atoms with van der Waals surface area (Å²) in [6.45, 7) is 0. The third-order valence-corrected chi connectivity index (χ3v) is 3.32. The summed E-state index contributed by atoms with van der Waals surface area (Å²) in [6.07, 6.45) is 4.92. The normalized spacial score (nSPS) is 10.5. The van der Waals surface area contributed by atoms with Crippen molar-refractivity contribution in [3.63, 3.8) is 0 Å². The molecule has 0 radical (unpaired) electrons. The first kappa shape index (κ1) is 16.8. The highest BCUT2D eigenvalue weighted by atomic mass is 79.9. The fourth-order valence-electron chi connectivity index (χ4n) is 1.67. The molecular weight excluding hydrogens is 360 g/mol. The average Bonchev–Trinajstić information content (AvgIpc) is 2.56. The molecule has 0 spiro atoms. The number of nitrogens with zero attached hydrogens (tertiary/aromatic N) is 2. The summed E-state index contributed by atoms with van der Waals surface area (Å²) >= 11 is 3.32. The second kappa shape index (κ2) is 8.79. The van der Waals surface area contributed by atoms with Gasteiger partial charge in [0.1, 0.15) is 0 Å². The first-order valence-electron chi connectivity index (χ1n) is 6.91. The molecule has 2 amide bonds. The van der Waals surface area contributed by atoms with E-state index in [2.05, 4.69) is 36.8 Å². The van der Waals surface area contributed by atoms with Gasteiger partial charge in [-0.2, -0.15) is 5.10 Å². The van der Waals surface area contributed by atoms with E-state index in [0.29, 0.717) is 5.69 Å². The Morgan fingerprint density at radius 2 is 1.87 bits per heavy atom. The van der Waals surface area contributed by atoms with Crippen LogP contribution in [0.3, 0.4) is 0 Å². The number of amides is 2. The van der Waals surface area contributed by atoms with Crippen LogP contribution in [0, 0.1) is 0 Å². The Labute approximate surface area is 142 Å². The lowest BCUT2D eigenvalue weighted by atomic mass is 10.2. The molecule has 2 N–H and O–H groups in total. The number of halogens is 1. The highest BCUT2D eigenvalue weighted by Crippen LogP contribution is 2.14. The van der Waals surface area contributed by atoms with E-state index in [1.807, 2.05) is 18.2 Å². The molecule has 118 valence electrons. The second-order valence-corrected chi connectivity index (χ2v) is 5.55. The van der Waals surface area contributed by atoms with Gasteiger partial charge >= 0.3 is 0 Å². The number of carbonyl (C=O) groups excluding carboxylic acids is 2. The maximum Gasteiger partial charge on any atom is 0.240 e. The van der Waals surface area contributed by atoms with Gasteiger partial charge in [-0.05, 0) is 30.3 Å². The van der Waals surface area contributed by atoms with Crippen LogP contribution in [0.15, 0.2) is 58.4 Å². The molecule has 1 heterocycles. The lowest BCUT2D eigenvalue weighted by Gasteiger charge is -2.04. The average molecular weight is 375 g/mol. The van der Waals surface area contributed by atoms with Crippen molar-refractivity contribution in [1.82, 2.24) is 10.4 Å². The van der Waals surface area contributed by atoms with E-state index in [1.54, 1.807) is 30.6 Å². The molecule has 1 aromatic carbocycles. The Hall–Kier alpha value is -2.54. The van der Waals surface area contributed by atoms with Crippen LogP contribution in [0.4, 0.5) is 5.69 Å². The van der Waals surface area contributed by atoms with Gasteiger partial charge in [-0.15, -0.1) is 0 Å². The van der Waals surface area contributed by atoms with Gasteiger partial charge in [0.2, 0.25) is 11.8 Å². The lowest BCUT2D eigenvalue weighted by molar-refractivity contribution is -0.124. The van der Waals surface area contributed by atoms with Gasteiger partial charge in [-0.1, -0.05) is 22.0 Å². The van der Waals surface area contributed by atoms with E-state index < -0.39 is 0 Å². The number of hydrogen-bond donors (Lipinski definition) is 2. The van der Waals surface area contributed by atoms with E-state index in [0.717, 1.165) is 10.0 Å². The Morgan fingerprint density at radius 3 is 2.57 bits per heavy atom. The minimum absolute atomic E-state index is 0.0622. The van der Waals surface area contributed by atoms with Gasteiger partial charge in [0.05, 0.1) is 6.21 Å². The number of hydrazone groups is 1. The summed E-state index contributed by atoms with van der Waals surface area (Å²) in [7, 11) is 0. The van der Waals surface area contributed by atoms with Crippen molar-refractivity contribution in [2.24, 2.45) is 5.10 Å². The maximum atomic E-state index is 11.7. The van der Waals surface area contributed by atoms with Crippen molar-refractivity contribution in [2.75, 3.05) is 5.32 Å². The largest absolute Gasteiger partial charge is 0.326 e. The zero-order chi connectivity index (χ0) is 16.5. The van der Waals surface area contributed by atoms with Crippen LogP contribution >= 0.6 is 15.9 Å². The van der Waals surface area contributed by atoms with E-state index in [-0.39, 0.29) is 24.7 Å². The molecule has 0 saturated heterocycles. The quantitative estimate of drug-likeness (QED) is 0.602. The molecule has 0 saturated carbocycles. The van der Waals surface area contributed by atoms with Gasteiger partial charge in [-0.3, -0.25) is 14.6 Å². The number of benzene rings is 1. The molecule has 7 heteroatoms. The molecule has 0 bridgehead atoms. The molecule has 6 nitrogen and oxygen atoms in total. The van der Waals surface area contributed by atoms with Gasteiger partial charge in [0, 0.05) is 41.0 Å². The zero-order valence-electron chi connectivity index (χ0n) is 12.2. The van der Waals surface area contributed by atoms with Crippen molar-refractivity contribution >= 4 is 39.6 Å². The van der Waals surface area contributed by atoms with E-state index in [9.17, 15) is 9.59 Å². The van der Waals surface area contributed by atoms with Crippen LogP contribution in [0.2, 0.25) is 0 Å². The number of nitrogens with one attached hydrogen (secondary N) is 2. The van der Waals surface area contributed by atoms with Crippen LogP contribution in [-0.4, -0.2) is 23.0 Å². The smallest absolute Gasteiger partial charge is 0.240 e. The Bertz CT molecular complexity index is 687. The van der Waals surface area contributed by atoms with Gasteiger partial charge in [0.15, 0.2) is 0 Å². The SMILES string of the molecule is O=C(CCC(=O)Nc1ccc(Br)cc1)N/N=C/c1cccnc1. The fourth-order valence-corrected chi connectivity index (χ4v) is 1.94. The molecular formula is C16H15BrN4O2. The number of carbonyl (C=O) groups is 2. The summed E-state index contributed by atoms with van der Waals surface area (Å²) in [4.78, 5) is 27.3. The Morgan fingerprint density at radius 1 is 1.13 bits per heavy atom. The van der Waals surface area contributed by atoms with Crippen molar-refractivity contribution < 1.29 is 9.59 Å². The Kier molecular flexibility index (Phi) is 6.43. The summed E-state index contributed by atoms with van der Waals surface area (Å²) in [5.41, 5.74) is 3.84. The van der Waals surface area contributed by atoms with Crippen LogP contribution in [0.25, 0.3) is 0 Å². The fraction of sp³-hybridized carbons (Fsp3) is 0.125. The molecule has 0 unspecified atom stereocenters. The summed E-state index contributed by atoms with van der Waals surface area (Å²) < 4.78 is 0.932. The predicted octanol–water partition coefficient (Wildman–Crippen LogP) is 2.71. The first-order valence-corrected chi connectivity index (χ1v) is 7.70. The minimum atomic E-state index is -0.323. The highest BCUT2D eigenvalue weighted by Gasteiger charge is 2.06. The van der Waals surface area contributed by atoms with Gasteiger partial charge in [-0.25, -0.2) is 5.43 Å². The number of pyridine rings is 1. The minimum Gasteiger partial charge on any atom is -0.326 e. The van der Waals surface area contributed by atoms with Gasteiger partial charge in [0.25, 0.3) is 0 Å². The molecule has 0 aliphatic carbocycles. The topological polar surface area (TPSA) is 83.5 Å². The summed E-state index contributed by atoms with van der Waals surface area (Å²) in [5, 5.41) is 6.53. The standard InChI is InChI=1S/C16H15BrN4O2/c17-13-3-5-14(6-4-13)20-15(22)7-8-16(23)21-19-11-12-2-1-9-18-10-12/h1-6,9-11H,7-8H2,(H,20,22)(H,21,23)/b19-11+. The Balaban J connectivity index is 1.70. The van der Waals surface area contributed by atoms with Crippen LogP contribution in [-0.2, 0) is 9.59 Å². The van der Waals surface area contributed by atoms with E-state index in [1.165, 1.54) is 6.21 Å². The molecule has 2 aromatic rings. The number of hydrogen-bond acceptors (Lipinski definition) is 4. The molecule has 1 aromatic heterocycles.